The van der Waals surface area contributed by atoms with Gasteiger partial charge in [-0.1, -0.05) is 35.9 Å². The first kappa shape index (κ1) is 18.4. The van der Waals surface area contributed by atoms with Crippen molar-refractivity contribution in [2.24, 2.45) is 0 Å². The third-order valence-electron chi connectivity index (χ3n) is 4.79. The van der Waals surface area contributed by atoms with Gasteiger partial charge in [0, 0.05) is 32.4 Å². The van der Waals surface area contributed by atoms with Crippen LogP contribution < -0.4 is 19.9 Å². The predicted octanol–water partition coefficient (Wildman–Crippen LogP) is 4.21. The van der Waals surface area contributed by atoms with Crippen LogP contribution in [-0.2, 0) is 0 Å². The molecule has 2 heterocycles. The minimum atomic E-state index is 0.540. The van der Waals surface area contributed by atoms with E-state index in [1.165, 1.54) is 0 Å². The van der Waals surface area contributed by atoms with Crippen molar-refractivity contribution in [1.82, 2.24) is 9.97 Å². The molecule has 1 fully saturated rings. The molecule has 7 heteroatoms. The summed E-state index contributed by atoms with van der Waals surface area (Å²) in [7, 11) is 1.71. The fourth-order valence-electron chi connectivity index (χ4n) is 3.34. The van der Waals surface area contributed by atoms with Crippen LogP contribution >= 0.6 is 11.6 Å². The maximum Gasteiger partial charge on any atom is 0.229 e. The summed E-state index contributed by atoms with van der Waals surface area (Å²) >= 11 is 6.22. The predicted molar refractivity (Wildman–Crippen MR) is 114 cm³/mol. The van der Waals surface area contributed by atoms with Gasteiger partial charge in [-0.25, -0.2) is 4.98 Å². The highest BCUT2D eigenvalue weighted by atomic mass is 35.5. The summed E-state index contributed by atoms with van der Waals surface area (Å²) < 4.78 is 5.50. The van der Waals surface area contributed by atoms with Gasteiger partial charge in [0.05, 0.1) is 23.5 Å². The zero-order valence-electron chi connectivity index (χ0n) is 15.7. The molecule has 0 aliphatic carbocycles. The smallest absolute Gasteiger partial charge is 0.229 e. The standard InChI is InChI=1S/C21H22ClN5O/c1-28-19-9-5-4-8-18(19)26-12-14-27(15-13-26)20-10-11-23-21(25-20)24-17-7-3-2-6-16(17)22/h2-11H,12-15H2,1H3,(H,23,24,25). The molecule has 3 aromatic rings. The first-order valence-corrected chi connectivity index (χ1v) is 9.60. The third kappa shape index (κ3) is 3.97. The molecule has 0 amide bonds. The normalized spacial score (nSPS) is 14.1. The monoisotopic (exact) mass is 395 g/mol. The molecule has 0 spiro atoms. The van der Waals surface area contributed by atoms with Gasteiger partial charge in [-0.15, -0.1) is 0 Å². The van der Waals surface area contributed by atoms with Crippen molar-refractivity contribution in [3.8, 4) is 5.75 Å². The largest absolute Gasteiger partial charge is 0.495 e. The average molecular weight is 396 g/mol. The van der Waals surface area contributed by atoms with Gasteiger partial charge in [0.2, 0.25) is 5.95 Å². The molecule has 0 saturated carbocycles. The summed E-state index contributed by atoms with van der Waals surface area (Å²) in [6.45, 7) is 3.55. The van der Waals surface area contributed by atoms with Crippen LogP contribution in [0.2, 0.25) is 5.02 Å². The van der Waals surface area contributed by atoms with E-state index in [4.69, 9.17) is 16.3 Å². The Morgan fingerprint density at radius 2 is 1.64 bits per heavy atom. The Labute approximate surface area is 169 Å². The minimum Gasteiger partial charge on any atom is -0.495 e. The number of anilines is 4. The van der Waals surface area contributed by atoms with E-state index in [-0.39, 0.29) is 0 Å². The Morgan fingerprint density at radius 1 is 0.929 bits per heavy atom. The average Bonchev–Trinajstić information content (AvgIpc) is 2.76. The van der Waals surface area contributed by atoms with Gasteiger partial charge < -0.3 is 19.9 Å². The fourth-order valence-corrected chi connectivity index (χ4v) is 3.52. The van der Waals surface area contributed by atoms with Crippen LogP contribution in [0.5, 0.6) is 5.75 Å². The number of rotatable bonds is 5. The van der Waals surface area contributed by atoms with Crippen LogP contribution in [0.1, 0.15) is 0 Å². The van der Waals surface area contributed by atoms with E-state index < -0.39 is 0 Å². The Hall–Kier alpha value is -2.99. The minimum absolute atomic E-state index is 0.540. The molecule has 2 aromatic carbocycles. The highest BCUT2D eigenvalue weighted by Gasteiger charge is 2.20. The van der Waals surface area contributed by atoms with E-state index >= 15 is 0 Å². The Bertz CT molecular complexity index is 943. The molecule has 6 nitrogen and oxygen atoms in total. The van der Waals surface area contributed by atoms with E-state index in [1.807, 2.05) is 48.5 Å². The summed E-state index contributed by atoms with van der Waals surface area (Å²) in [5.74, 6) is 2.35. The van der Waals surface area contributed by atoms with Gasteiger partial charge in [0.1, 0.15) is 11.6 Å². The van der Waals surface area contributed by atoms with Crippen LogP contribution in [0.4, 0.5) is 23.1 Å². The number of para-hydroxylation sites is 3. The zero-order valence-corrected chi connectivity index (χ0v) is 16.4. The van der Waals surface area contributed by atoms with E-state index in [0.29, 0.717) is 11.0 Å². The summed E-state index contributed by atoms with van der Waals surface area (Å²) in [6, 6.07) is 17.6. The second-order valence-corrected chi connectivity index (χ2v) is 6.90. The van der Waals surface area contributed by atoms with Gasteiger partial charge in [-0.05, 0) is 30.3 Å². The Balaban J connectivity index is 1.44. The van der Waals surface area contributed by atoms with Gasteiger partial charge in [-0.3, -0.25) is 0 Å². The highest BCUT2D eigenvalue weighted by Crippen LogP contribution is 2.29. The summed E-state index contributed by atoms with van der Waals surface area (Å²) in [5, 5.41) is 3.83. The van der Waals surface area contributed by atoms with Crippen molar-refractivity contribution < 1.29 is 4.74 Å². The lowest BCUT2D eigenvalue weighted by atomic mass is 10.2. The second kappa shape index (κ2) is 8.35. The third-order valence-corrected chi connectivity index (χ3v) is 5.12. The molecule has 28 heavy (non-hydrogen) atoms. The van der Waals surface area contributed by atoms with Crippen LogP contribution in [-0.4, -0.2) is 43.3 Å². The van der Waals surface area contributed by atoms with Crippen LogP contribution in [0.15, 0.2) is 60.8 Å². The number of benzene rings is 2. The Kier molecular flexibility index (Phi) is 5.48. The van der Waals surface area contributed by atoms with Crippen LogP contribution in [0.3, 0.4) is 0 Å². The van der Waals surface area contributed by atoms with Crippen molar-refractivity contribution in [3.63, 3.8) is 0 Å². The van der Waals surface area contributed by atoms with Gasteiger partial charge in [0.25, 0.3) is 0 Å². The lowest BCUT2D eigenvalue weighted by Crippen LogP contribution is -2.47. The molecular formula is C21H22ClN5O. The number of aromatic nitrogens is 2. The maximum atomic E-state index is 6.22. The zero-order chi connectivity index (χ0) is 19.3. The summed E-state index contributed by atoms with van der Waals surface area (Å²) in [5.41, 5.74) is 1.93. The first-order chi connectivity index (χ1) is 13.7. The SMILES string of the molecule is COc1ccccc1N1CCN(c2ccnc(Nc3ccccc3Cl)n2)CC1. The highest BCUT2D eigenvalue weighted by molar-refractivity contribution is 6.33. The number of methoxy groups -OCH3 is 1. The number of nitrogens with one attached hydrogen (secondary N) is 1. The molecule has 0 atom stereocenters. The maximum absolute atomic E-state index is 6.22. The molecule has 4 rings (SSSR count). The number of ether oxygens (including phenoxy) is 1. The molecule has 1 saturated heterocycles. The van der Waals surface area contributed by atoms with Gasteiger partial charge in [-0.2, -0.15) is 4.98 Å². The molecule has 0 unspecified atom stereocenters. The molecule has 0 bridgehead atoms. The second-order valence-electron chi connectivity index (χ2n) is 6.49. The summed E-state index contributed by atoms with van der Waals surface area (Å²) in [4.78, 5) is 13.6. The van der Waals surface area contributed by atoms with Crippen molar-refractivity contribution in [2.45, 2.75) is 0 Å². The van der Waals surface area contributed by atoms with Gasteiger partial charge in [0.15, 0.2) is 0 Å². The molecule has 0 radical (unpaired) electrons. The van der Waals surface area contributed by atoms with E-state index in [9.17, 15) is 0 Å². The van der Waals surface area contributed by atoms with E-state index in [1.54, 1.807) is 13.3 Å². The number of nitrogens with zero attached hydrogens (tertiary/aromatic N) is 4. The molecule has 144 valence electrons. The van der Waals surface area contributed by atoms with E-state index in [0.717, 1.165) is 49.1 Å². The molecule has 1 aliphatic rings. The van der Waals surface area contributed by atoms with Crippen molar-refractivity contribution >= 4 is 34.7 Å². The number of piperazine rings is 1. The van der Waals surface area contributed by atoms with Crippen molar-refractivity contribution in [2.75, 3.05) is 48.4 Å². The summed E-state index contributed by atoms with van der Waals surface area (Å²) in [6.07, 6.45) is 1.77. The quantitative estimate of drug-likeness (QED) is 0.698. The fraction of sp³-hybridized carbons (Fsp3) is 0.238. The number of hydrogen-bond donors (Lipinski definition) is 1. The lowest BCUT2D eigenvalue weighted by molar-refractivity contribution is 0.413. The van der Waals surface area contributed by atoms with E-state index in [2.05, 4.69) is 31.2 Å². The number of halogens is 1. The van der Waals surface area contributed by atoms with Gasteiger partial charge >= 0.3 is 0 Å². The van der Waals surface area contributed by atoms with Crippen molar-refractivity contribution in [3.05, 3.63) is 65.8 Å². The molecular weight excluding hydrogens is 374 g/mol. The first-order valence-electron chi connectivity index (χ1n) is 9.22. The Morgan fingerprint density at radius 3 is 2.43 bits per heavy atom. The van der Waals surface area contributed by atoms with Crippen LogP contribution in [0.25, 0.3) is 0 Å². The van der Waals surface area contributed by atoms with Crippen LogP contribution in [0, 0.1) is 0 Å². The van der Waals surface area contributed by atoms with Crippen molar-refractivity contribution in [1.29, 1.82) is 0 Å². The topological polar surface area (TPSA) is 53.5 Å². The molecule has 1 aromatic heterocycles. The molecule has 1 aliphatic heterocycles. The molecule has 1 N–H and O–H groups in total. The lowest BCUT2D eigenvalue weighted by Gasteiger charge is -2.37. The number of hydrogen-bond acceptors (Lipinski definition) is 6.